The van der Waals surface area contributed by atoms with Crippen molar-refractivity contribution in [3.8, 4) is 0 Å². The SMILES string of the molecule is CN(Cc1ccccc1)c1ccc(NC(=O)c2ccccc2F)cc1C(=O)O.O=C(O)C(F)(F)F. The van der Waals surface area contributed by atoms with E-state index in [1.165, 1.54) is 24.3 Å². The Morgan fingerprint density at radius 1 is 0.886 bits per heavy atom. The van der Waals surface area contributed by atoms with Gasteiger partial charge in [0.1, 0.15) is 5.82 Å². The molecule has 1 amide bonds. The molecule has 0 aromatic heterocycles. The molecule has 7 nitrogen and oxygen atoms in total. The van der Waals surface area contributed by atoms with E-state index in [-0.39, 0.29) is 16.8 Å². The second-order valence-corrected chi connectivity index (χ2v) is 7.12. The molecule has 3 aromatic carbocycles. The molecule has 0 aliphatic heterocycles. The van der Waals surface area contributed by atoms with E-state index >= 15 is 0 Å². The summed E-state index contributed by atoms with van der Waals surface area (Å²) in [6.07, 6.45) is -5.08. The van der Waals surface area contributed by atoms with Gasteiger partial charge in [0.15, 0.2) is 0 Å². The van der Waals surface area contributed by atoms with Crippen LogP contribution in [0.3, 0.4) is 0 Å². The standard InChI is InChI=1S/C22H19FN2O3.C2HF3O2/c1-25(14-15-7-3-2-4-8-15)20-12-11-16(13-18(20)22(27)28)24-21(26)17-9-5-6-10-19(17)23;3-2(4,5)1(6)7/h2-13H,14H2,1H3,(H,24,26)(H,27,28);(H,6,7). The van der Waals surface area contributed by atoms with Crippen LogP contribution >= 0.6 is 0 Å². The molecule has 3 aromatic rings. The van der Waals surface area contributed by atoms with E-state index < -0.39 is 29.8 Å². The van der Waals surface area contributed by atoms with Crippen molar-refractivity contribution in [2.45, 2.75) is 12.7 Å². The van der Waals surface area contributed by atoms with Crippen molar-refractivity contribution in [3.63, 3.8) is 0 Å². The van der Waals surface area contributed by atoms with E-state index in [1.807, 2.05) is 35.2 Å². The number of amides is 1. The normalized spacial score (nSPS) is 10.5. The van der Waals surface area contributed by atoms with Crippen LogP contribution in [-0.4, -0.2) is 41.3 Å². The lowest BCUT2D eigenvalue weighted by Crippen LogP contribution is -2.21. The van der Waals surface area contributed by atoms with Crippen molar-refractivity contribution in [2.75, 3.05) is 17.3 Å². The summed E-state index contributed by atoms with van der Waals surface area (Å²) in [4.78, 5) is 34.7. The first-order valence-corrected chi connectivity index (χ1v) is 9.88. The van der Waals surface area contributed by atoms with Gasteiger partial charge in [-0.3, -0.25) is 4.79 Å². The number of nitrogens with one attached hydrogen (secondary N) is 1. The molecule has 0 fully saturated rings. The zero-order chi connectivity index (χ0) is 26.2. The maximum Gasteiger partial charge on any atom is 0.490 e. The Labute approximate surface area is 197 Å². The molecule has 0 radical (unpaired) electrons. The van der Waals surface area contributed by atoms with Crippen LogP contribution in [0.25, 0.3) is 0 Å². The highest BCUT2D eigenvalue weighted by Crippen LogP contribution is 2.25. The highest BCUT2D eigenvalue weighted by molar-refractivity contribution is 6.05. The number of hydrogen-bond donors (Lipinski definition) is 3. The number of anilines is 2. The zero-order valence-corrected chi connectivity index (χ0v) is 18.2. The maximum atomic E-state index is 13.8. The van der Waals surface area contributed by atoms with Crippen LogP contribution in [0.4, 0.5) is 28.9 Å². The van der Waals surface area contributed by atoms with E-state index in [4.69, 9.17) is 9.90 Å². The van der Waals surface area contributed by atoms with Crippen LogP contribution in [-0.2, 0) is 11.3 Å². The molecule has 0 aliphatic rings. The summed E-state index contributed by atoms with van der Waals surface area (Å²) in [6, 6.07) is 19.9. The van der Waals surface area contributed by atoms with Gasteiger partial charge >= 0.3 is 18.1 Å². The summed E-state index contributed by atoms with van der Waals surface area (Å²) >= 11 is 0. The highest BCUT2D eigenvalue weighted by Gasteiger charge is 2.38. The molecule has 0 heterocycles. The minimum Gasteiger partial charge on any atom is -0.478 e. The molecule has 35 heavy (non-hydrogen) atoms. The molecular weight excluding hydrogens is 472 g/mol. The van der Waals surface area contributed by atoms with E-state index in [9.17, 15) is 32.3 Å². The summed E-state index contributed by atoms with van der Waals surface area (Å²) in [5, 5.41) is 19.3. The van der Waals surface area contributed by atoms with Crippen molar-refractivity contribution < 1.29 is 42.2 Å². The number of alkyl halides is 3. The van der Waals surface area contributed by atoms with E-state index in [0.717, 1.165) is 5.56 Å². The third kappa shape index (κ3) is 7.84. The average Bonchev–Trinajstić information content (AvgIpc) is 2.79. The van der Waals surface area contributed by atoms with Gasteiger partial charge in [0.05, 0.1) is 16.8 Å². The number of carboxylic acid groups (broad SMARTS) is 2. The first kappa shape index (κ1) is 26.8. The topological polar surface area (TPSA) is 107 Å². The Hall–Kier alpha value is -4.41. The molecule has 0 atom stereocenters. The minimum absolute atomic E-state index is 0.0461. The lowest BCUT2D eigenvalue weighted by molar-refractivity contribution is -0.192. The lowest BCUT2D eigenvalue weighted by Gasteiger charge is -2.22. The number of aromatic carboxylic acids is 1. The van der Waals surface area contributed by atoms with Gasteiger partial charge in [-0.25, -0.2) is 14.0 Å². The van der Waals surface area contributed by atoms with Gasteiger partial charge in [0.25, 0.3) is 5.91 Å². The zero-order valence-electron chi connectivity index (χ0n) is 18.2. The number of rotatable bonds is 6. The Morgan fingerprint density at radius 3 is 2.00 bits per heavy atom. The predicted molar refractivity (Wildman–Crippen MR) is 120 cm³/mol. The number of aliphatic carboxylic acids is 1. The first-order valence-electron chi connectivity index (χ1n) is 9.88. The monoisotopic (exact) mass is 492 g/mol. The Kier molecular flexibility index (Phi) is 8.92. The number of carbonyl (C=O) groups excluding carboxylic acids is 1. The molecule has 3 N–H and O–H groups in total. The average molecular weight is 492 g/mol. The number of nitrogens with zero attached hydrogens (tertiary/aromatic N) is 1. The Bertz CT molecular complexity index is 1200. The van der Waals surface area contributed by atoms with Gasteiger partial charge in [-0.15, -0.1) is 0 Å². The molecule has 0 spiro atoms. The van der Waals surface area contributed by atoms with Gasteiger partial charge < -0.3 is 20.4 Å². The summed E-state index contributed by atoms with van der Waals surface area (Å²) in [5.41, 5.74) is 1.77. The smallest absolute Gasteiger partial charge is 0.478 e. The van der Waals surface area contributed by atoms with Gasteiger partial charge in [-0.05, 0) is 35.9 Å². The molecule has 0 unspecified atom stereocenters. The minimum atomic E-state index is -5.08. The third-order valence-corrected chi connectivity index (χ3v) is 4.52. The lowest BCUT2D eigenvalue weighted by atomic mass is 10.1. The van der Waals surface area contributed by atoms with Crippen molar-refractivity contribution in [1.29, 1.82) is 0 Å². The van der Waals surface area contributed by atoms with Crippen LogP contribution in [0.1, 0.15) is 26.3 Å². The largest absolute Gasteiger partial charge is 0.490 e. The molecule has 0 bridgehead atoms. The number of carboxylic acids is 2. The summed E-state index contributed by atoms with van der Waals surface area (Å²) in [6.45, 7) is 0.530. The summed E-state index contributed by atoms with van der Waals surface area (Å²) in [7, 11) is 1.80. The second kappa shape index (κ2) is 11.6. The molecule has 0 aliphatic carbocycles. The first-order chi connectivity index (χ1) is 16.4. The number of hydrogen-bond acceptors (Lipinski definition) is 4. The van der Waals surface area contributed by atoms with Gasteiger partial charge in [-0.1, -0.05) is 42.5 Å². The maximum absolute atomic E-state index is 13.8. The molecule has 0 saturated heterocycles. The molecule has 184 valence electrons. The summed E-state index contributed by atoms with van der Waals surface area (Å²) < 4.78 is 45.5. The predicted octanol–water partition coefficient (Wildman–Crippen LogP) is 5.05. The van der Waals surface area contributed by atoms with Crippen LogP contribution in [0.15, 0.2) is 72.8 Å². The molecular formula is C24H20F4N2O5. The van der Waals surface area contributed by atoms with Crippen molar-refractivity contribution in [3.05, 3.63) is 95.3 Å². The second-order valence-electron chi connectivity index (χ2n) is 7.12. The van der Waals surface area contributed by atoms with Crippen molar-refractivity contribution in [1.82, 2.24) is 0 Å². The fraction of sp³-hybridized carbons (Fsp3) is 0.125. The van der Waals surface area contributed by atoms with Crippen LogP contribution in [0.5, 0.6) is 0 Å². The van der Waals surface area contributed by atoms with E-state index in [2.05, 4.69) is 5.32 Å². The fourth-order valence-corrected chi connectivity index (χ4v) is 2.90. The highest BCUT2D eigenvalue weighted by atomic mass is 19.4. The van der Waals surface area contributed by atoms with Crippen molar-refractivity contribution >= 4 is 29.2 Å². The summed E-state index contributed by atoms with van der Waals surface area (Å²) in [5.74, 6) is -5.15. The van der Waals surface area contributed by atoms with Crippen LogP contribution in [0, 0.1) is 5.82 Å². The third-order valence-electron chi connectivity index (χ3n) is 4.52. The van der Waals surface area contributed by atoms with E-state index in [1.54, 1.807) is 25.2 Å². The number of halogens is 4. The van der Waals surface area contributed by atoms with Crippen LogP contribution in [0.2, 0.25) is 0 Å². The number of benzene rings is 3. The van der Waals surface area contributed by atoms with Gasteiger partial charge in [-0.2, -0.15) is 13.2 Å². The number of carbonyl (C=O) groups is 3. The van der Waals surface area contributed by atoms with E-state index in [0.29, 0.717) is 12.2 Å². The quantitative estimate of drug-likeness (QED) is 0.416. The van der Waals surface area contributed by atoms with Gasteiger partial charge in [0, 0.05) is 19.3 Å². The molecule has 0 saturated carbocycles. The molecule has 3 rings (SSSR count). The molecule has 11 heteroatoms. The fourth-order valence-electron chi connectivity index (χ4n) is 2.90. The van der Waals surface area contributed by atoms with Crippen molar-refractivity contribution in [2.24, 2.45) is 0 Å². The Balaban J connectivity index is 0.000000540. The Morgan fingerprint density at radius 2 is 1.46 bits per heavy atom. The van der Waals surface area contributed by atoms with Crippen LogP contribution < -0.4 is 10.2 Å². The van der Waals surface area contributed by atoms with Gasteiger partial charge in [0.2, 0.25) is 0 Å².